The summed E-state index contributed by atoms with van der Waals surface area (Å²) in [7, 11) is 1.88. The minimum absolute atomic E-state index is 0.453. The molecule has 1 aromatic carbocycles. The molecule has 5 nitrogen and oxygen atoms in total. The van der Waals surface area contributed by atoms with E-state index < -0.39 is 6.10 Å². The average molecular weight is 267 g/mol. The summed E-state index contributed by atoms with van der Waals surface area (Å²) in [6, 6.07) is 7.17. The number of aryl methyl sites for hydroxylation is 1. The number of nitrogens with one attached hydrogen (secondary N) is 1. The van der Waals surface area contributed by atoms with Crippen LogP contribution in [-0.2, 0) is 13.6 Å². The molecule has 0 saturated carbocycles. The van der Waals surface area contributed by atoms with Crippen LogP contribution in [0.2, 0.25) is 5.02 Å². The lowest BCUT2D eigenvalue weighted by Gasteiger charge is -2.12. The Kier molecular flexibility index (Phi) is 4.30. The van der Waals surface area contributed by atoms with Crippen LogP contribution in [-0.4, -0.2) is 26.4 Å². The van der Waals surface area contributed by atoms with Gasteiger partial charge in [0.1, 0.15) is 12.2 Å². The summed E-state index contributed by atoms with van der Waals surface area (Å²) in [5.41, 5.74) is 0.838. The third kappa shape index (κ3) is 3.29. The van der Waals surface area contributed by atoms with Gasteiger partial charge in [-0.05, 0) is 17.7 Å². The fourth-order valence-corrected chi connectivity index (χ4v) is 1.72. The van der Waals surface area contributed by atoms with Gasteiger partial charge < -0.3 is 15.0 Å². The van der Waals surface area contributed by atoms with Gasteiger partial charge in [-0.3, -0.25) is 0 Å². The van der Waals surface area contributed by atoms with E-state index in [1.807, 2.05) is 23.7 Å². The van der Waals surface area contributed by atoms with Crippen LogP contribution in [0.25, 0.3) is 0 Å². The summed E-state index contributed by atoms with van der Waals surface area (Å²) >= 11 is 5.79. The van der Waals surface area contributed by atoms with Gasteiger partial charge in [0.25, 0.3) is 0 Å². The molecule has 1 aromatic heterocycles. The zero-order valence-electron chi connectivity index (χ0n) is 10.0. The molecule has 1 heterocycles. The Bertz CT molecular complexity index is 497. The van der Waals surface area contributed by atoms with E-state index in [2.05, 4.69) is 15.5 Å². The molecular formula is C12H15ClN4O. The average Bonchev–Trinajstić information content (AvgIpc) is 2.76. The van der Waals surface area contributed by atoms with Crippen LogP contribution in [0.5, 0.6) is 0 Å². The maximum atomic E-state index is 9.96. The van der Waals surface area contributed by atoms with Crippen molar-refractivity contribution in [1.29, 1.82) is 0 Å². The molecule has 0 fully saturated rings. The molecule has 6 heteroatoms. The van der Waals surface area contributed by atoms with Gasteiger partial charge in [-0.1, -0.05) is 23.7 Å². The highest BCUT2D eigenvalue weighted by atomic mass is 35.5. The Morgan fingerprint density at radius 1 is 1.39 bits per heavy atom. The lowest BCUT2D eigenvalue weighted by molar-refractivity contribution is 0.174. The van der Waals surface area contributed by atoms with E-state index in [1.54, 1.807) is 18.5 Å². The molecule has 96 valence electrons. The second-order valence-electron chi connectivity index (χ2n) is 4.06. The zero-order chi connectivity index (χ0) is 13.0. The number of hydrogen-bond donors (Lipinski definition) is 2. The molecule has 2 N–H and O–H groups in total. The Labute approximate surface area is 110 Å². The molecule has 0 saturated heterocycles. The molecule has 1 atom stereocenters. The van der Waals surface area contributed by atoms with E-state index in [9.17, 15) is 5.11 Å². The van der Waals surface area contributed by atoms with Crippen LogP contribution in [0.1, 0.15) is 17.5 Å². The first-order chi connectivity index (χ1) is 8.66. The molecule has 0 aliphatic carbocycles. The summed E-state index contributed by atoms with van der Waals surface area (Å²) in [5, 5.41) is 21.5. The molecule has 0 unspecified atom stereocenters. The van der Waals surface area contributed by atoms with Gasteiger partial charge in [-0.2, -0.15) is 0 Å². The van der Waals surface area contributed by atoms with Gasteiger partial charge in [0.2, 0.25) is 0 Å². The second kappa shape index (κ2) is 5.95. The van der Waals surface area contributed by atoms with Crippen molar-refractivity contribution in [2.24, 2.45) is 7.05 Å². The summed E-state index contributed by atoms with van der Waals surface area (Å²) < 4.78 is 1.83. The number of benzene rings is 1. The lowest BCUT2D eigenvalue weighted by atomic mass is 10.1. The Morgan fingerprint density at radius 3 is 2.72 bits per heavy atom. The van der Waals surface area contributed by atoms with Crippen molar-refractivity contribution < 1.29 is 5.11 Å². The smallest absolute Gasteiger partial charge is 0.146 e. The molecule has 0 bridgehead atoms. The third-order valence-corrected chi connectivity index (χ3v) is 2.93. The fourth-order valence-electron chi connectivity index (χ4n) is 1.59. The van der Waals surface area contributed by atoms with Crippen LogP contribution in [0.4, 0.5) is 0 Å². The van der Waals surface area contributed by atoms with Crippen LogP contribution >= 0.6 is 11.6 Å². The van der Waals surface area contributed by atoms with E-state index in [1.165, 1.54) is 0 Å². The van der Waals surface area contributed by atoms with Crippen molar-refractivity contribution in [1.82, 2.24) is 20.1 Å². The summed E-state index contributed by atoms with van der Waals surface area (Å²) in [5.74, 6) is 0.832. The van der Waals surface area contributed by atoms with Crippen molar-refractivity contribution >= 4 is 11.6 Å². The Hall–Kier alpha value is -1.43. The van der Waals surface area contributed by atoms with E-state index in [-0.39, 0.29) is 0 Å². The van der Waals surface area contributed by atoms with Crippen LogP contribution in [0.3, 0.4) is 0 Å². The van der Waals surface area contributed by atoms with E-state index in [0.717, 1.165) is 11.4 Å². The molecule has 2 aromatic rings. The highest BCUT2D eigenvalue weighted by molar-refractivity contribution is 6.30. The molecular weight excluding hydrogens is 252 g/mol. The highest BCUT2D eigenvalue weighted by Gasteiger charge is 2.07. The number of hydrogen-bond acceptors (Lipinski definition) is 4. The Balaban J connectivity index is 1.83. The fraction of sp³-hybridized carbons (Fsp3) is 0.333. The predicted molar refractivity (Wildman–Crippen MR) is 69.1 cm³/mol. The largest absolute Gasteiger partial charge is 0.387 e. The maximum absolute atomic E-state index is 9.96. The number of aromatic nitrogens is 3. The van der Waals surface area contributed by atoms with Gasteiger partial charge in [0.05, 0.1) is 12.6 Å². The van der Waals surface area contributed by atoms with Gasteiger partial charge in [-0.25, -0.2) is 0 Å². The first-order valence-corrected chi connectivity index (χ1v) is 6.01. The number of halogens is 1. The molecule has 2 rings (SSSR count). The lowest BCUT2D eigenvalue weighted by Crippen LogP contribution is -2.22. The number of rotatable bonds is 5. The predicted octanol–water partition coefficient (Wildman–Crippen LogP) is 1.29. The first kappa shape index (κ1) is 13.0. The summed E-state index contributed by atoms with van der Waals surface area (Å²) in [6.45, 7) is 1.02. The van der Waals surface area contributed by atoms with Crippen molar-refractivity contribution in [2.45, 2.75) is 12.6 Å². The molecule has 0 radical (unpaired) electrons. The summed E-state index contributed by atoms with van der Waals surface area (Å²) in [6.07, 6.45) is 1.09. The minimum atomic E-state index is -0.560. The number of aliphatic hydroxyl groups is 1. The standard InChI is InChI=1S/C12H15ClN4O/c1-17-8-15-16-12(17)7-14-6-11(18)9-2-4-10(13)5-3-9/h2-5,8,11,14,18H,6-7H2,1H3/t11-/m0/s1. The maximum Gasteiger partial charge on any atom is 0.146 e. The normalized spacial score (nSPS) is 12.6. The second-order valence-corrected chi connectivity index (χ2v) is 4.49. The van der Waals surface area contributed by atoms with E-state index in [0.29, 0.717) is 18.1 Å². The van der Waals surface area contributed by atoms with Crippen LogP contribution < -0.4 is 5.32 Å². The molecule has 0 aliphatic rings. The SMILES string of the molecule is Cn1cnnc1CNC[C@H](O)c1ccc(Cl)cc1. The van der Waals surface area contributed by atoms with Gasteiger partial charge in [0.15, 0.2) is 0 Å². The van der Waals surface area contributed by atoms with Crippen molar-refractivity contribution in [3.05, 3.63) is 47.0 Å². The van der Waals surface area contributed by atoms with E-state index in [4.69, 9.17) is 11.6 Å². The van der Waals surface area contributed by atoms with Crippen molar-refractivity contribution in [2.75, 3.05) is 6.54 Å². The third-order valence-electron chi connectivity index (χ3n) is 2.68. The van der Waals surface area contributed by atoms with Gasteiger partial charge in [0, 0.05) is 18.6 Å². The van der Waals surface area contributed by atoms with Crippen molar-refractivity contribution in [3.63, 3.8) is 0 Å². The summed E-state index contributed by atoms with van der Waals surface area (Å²) in [4.78, 5) is 0. The van der Waals surface area contributed by atoms with Gasteiger partial charge in [-0.15, -0.1) is 10.2 Å². The first-order valence-electron chi connectivity index (χ1n) is 5.64. The van der Waals surface area contributed by atoms with Gasteiger partial charge >= 0.3 is 0 Å². The molecule has 0 amide bonds. The Morgan fingerprint density at radius 2 is 2.11 bits per heavy atom. The van der Waals surface area contributed by atoms with Crippen LogP contribution in [0, 0.1) is 0 Å². The zero-order valence-corrected chi connectivity index (χ0v) is 10.8. The molecule has 18 heavy (non-hydrogen) atoms. The monoisotopic (exact) mass is 266 g/mol. The molecule has 0 aliphatic heterocycles. The quantitative estimate of drug-likeness (QED) is 0.856. The van der Waals surface area contributed by atoms with E-state index >= 15 is 0 Å². The number of aliphatic hydroxyl groups excluding tert-OH is 1. The number of nitrogens with zero attached hydrogens (tertiary/aromatic N) is 3. The highest BCUT2D eigenvalue weighted by Crippen LogP contribution is 2.15. The van der Waals surface area contributed by atoms with Crippen LogP contribution in [0.15, 0.2) is 30.6 Å². The minimum Gasteiger partial charge on any atom is -0.387 e. The topological polar surface area (TPSA) is 63.0 Å². The molecule has 0 spiro atoms. The van der Waals surface area contributed by atoms with Crippen molar-refractivity contribution in [3.8, 4) is 0 Å².